The van der Waals surface area contributed by atoms with Crippen LogP contribution in [0.5, 0.6) is 0 Å². The first-order chi connectivity index (χ1) is 14.3. The van der Waals surface area contributed by atoms with E-state index in [0.29, 0.717) is 5.92 Å². The molecule has 1 atom stereocenters. The topological polar surface area (TPSA) is 67.1 Å². The van der Waals surface area contributed by atoms with Gasteiger partial charge >= 0.3 is 0 Å². The van der Waals surface area contributed by atoms with E-state index in [2.05, 4.69) is 98.0 Å². The van der Waals surface area contributed by atoms with Crippen molar-refractivity contribution < 1.29 is 0 Å². The van der Waals surface area contributed by atoms with Gasteiger partial charge in [0.05, 0.1) is 0 Å². The molecule has 0 saturated carbocycles. The molecule has 0 aliphatic heterocycles. The van der Waals surface area contributed by atoms with Crippen molar-refractivity contribution in [3.05, 3.63) is 83.9 Å². The van der Waals surface area contributed by atoms with E-state index in [1.807, 2.05) is 0 Å². The van der Waals surface area contributed by atoms with Crippen molar-refractivity contribution in [2.75, 3.05) is 20.1 Å². The molecule has 1 heterocycles. The molecule has 0 spiro atoms. The van der Waals surface area contributed by atoms with E-state index in [1.165, 1.54) is 11.1 Å². The zero-order valence-corrected chi connectivity index (χ0v) is 17.3. The second-order valence-corrected chi connectivity index (χ2v) is 6.97. The van der Waals surface area contributed by atoms with Gasteiger partial charge in [-0.2, -0.15) is 0 Å². The number of nitrogens with zero attached hydrogens (tertiary/aromatic N) is 4. The number of aryl methyl sites for hydroxylation is 1. The summed E-state index contributed by atoms with van der Waals surface area (Å²) >= 11 is 0. The third-order valence-electron chi connectivity index (χ3n) is 4.99. The number of guanidine groups is 1. The highest BCUT2D eigenvalue weighted by Crippen LogP contribution is 2.20. The van der Waals surface area contributed by atoms with E-state index in [4.69, 9.17) is 0 Å². The van der Waals surface area contributed by atoms with E-state index in [-0.39, 0.29) is 0 Å². The number of rotatable bonds is 9. The van der Waals surface area contributed by atoms with Gasteiger partial charge in [0.25, 0.3) is 0 Å². The van der Waals surface area contributed by atoms with Crippen molar-refractivity contribution in [2.45, 2.75) is 32.2 Å². The third-order valence-corrected chi connectivity index (χ3v) is 4.99. The summed E-state index contributed by atoms with van der Waals surface area (Å²) in [7, 11) is 1.81. The minimum absolute atomic E-state index is 0.363. The molecule has 1 aromatic heterocycles. The highest BCUT2D eigenvalue weighted by molar-refractivity contribution is 5.79. The second-order valence-electron chi connectivity index (χ2n) is 6.97. The molecular formula is C23H30N6. The molecule has 0 fully saturated rings. The van der Waals surface area contributed by atoms with Crippen LogP contribution in [0.4, 0.5) is 0 Å². The molecule has 3 aromatic rings. The van der Waals surface area contributed by atoms with Crippen LogP contribution in [0.1, 0.15) is 29.8 Å². The number of nitrogens with one attached hydrogen (secondary N) is 2. The standard InChI is InChI=1S/C23H30N6/c1-3-22-28-27-18-29(22)15-14-25-23(24-2)26-17-21(20-12-8-5-9-13-20)16-19-10-6-4-7-11-19/h4-13,18,21H,3,14-17H2,1-2H3,(H2,24,25,26). The molecule has 2 N–H and O–H groups in total. The maximum Gasteiger partial charge on any atom is 0.191 e. The monoisotopic (exact) mass is 390 g/mol. The van der Waals surface area contributed by atoms with Crippen LogP contribution in [0.25, 0.3) is 0 Å². The number of hydrogen-bond donors (Lipinski definition) is 2. The van der Waals surface area contributed by atoms with Crippen LogP contribution in [0.15, 0.2) is 72.0 Å². The zero-order chi connectivity index (χ0) is 20.3. The van der Waals surface area contributed by atoms with Gasteiger partial charge < -0.3 is 15.2 Å². The average Bonchev–Trinajstić information content (AvgIpc) is 3.24. The maximum atomic E-state index is 4.38. The van der Waals surface area contributed by atoms with Gasteiger partial charge in [-0.05, 0) is 17.5 Å². The van der Waals surface area contributed by atoms with Gasteiger partial charge in [0.15, 0.2) is 5.96 Å². The van der Waals surface area contributed by atoms with Crippen LogP contribution in [-0.2, 0) is 19.4 Å². The fourth-order valence-corrected chi connectivity index (χ4v) is 3.41. The van der Waals surface area contributed by atoms with Crippen LogP contribution >= 0.6 is 0 Å². The van der Waals surface area contributed by atoms with Crippen LogP contribution in [0.2, 0.25) is 0 Å². The molecule has 6 nitrogen and oxygen atoms in total. The predicted octanol–water partition coefficient (Wildman–Crippen LogP) is 3.03. The van der Waals surface area contributed by atoms with Crippen molar-refractivity contribution in [1.29, 1.82) is 0 Å². The summed E-state index contributed by atoms with van der Waals surface area (Å²) in [5.41, 5.74) is 2.67. The SMILES string of the molecule is CCc1nncn1CCNC(=NC)NCC(Cc1ccccc1)c1ccccc1. The molecule has 0 radical (unpaired) electrons. The molecule has 0 aliphatic rings. The molecular weight excluding hydrogens is 360 g/mol. The third kappa shape index (κ3) is 6.17. The molecule has 1 unspecified atom stereocenters. The molecule has 0 amide bonds. The van der Waals surface area contributed by atoms with Crippen molar-refractivity contribution in [2.24, 2.45) is 4.99 Å². The lowest BCUT2D eigenvalue weighted by molar-refractivity contribution is 0.616. The Labute approximate surface area is 173 Å². The quantitative estimate of drug-likeness (QED) is 0.435. The molecule has 3 rings (SSSR count). The van der Waals surface area contributed by atoms with Crippen molar-refractivity contribution in [3.8, 4) is 0 Å². The Balaban J connectivity index is 1.57. The van der Waals surface area contributed by atoms with E-state index in [0.717, 1.165) is 44.3 Å². The van der Waals surface area contributed by atoms with E-state index in [9.17, 15) is 0 Å². The molecule has 2 aromatic carbocycles. The molecule has 0 aliphatic carbocycles. The molecule has 0 bridgehead atoms. The summed E-state index contributed by atoms with van der Waals surface area (Å²) in [4.78, 5) is 4.38. The molecule has 152 valence electrons. The first-order valence-corrected chi connectivity index (χ1v) is 10.2. The summed E-state index contributed by atoms with van der Waals surface area (Å²) in [6, 6.07) is 21.3. The van der Waals surface area contributed by atoms with Gasteiger partial charge in [-0.25, -0.2) is 0 Å². The molecule has 6 heteroatoms. The smallest absolute Gasteiger partial charge is 0.191 e. The summed E-state index contributed by atoms with van der Waals surface area (Å²) in [5.74, 6) is 2.17. The first kappa shape index (κ1) is 20.6. The number of benzene rings is 2. The maximum absolute atomic E-state index is 4.38. The largest absolute Gasteiger partial charge is 0.356 e. The summed E-state index contributed by atoms with van der Waals surface area (Å²) in [6.07, 6.45) is 3.64. The lowest BCUT2D eigenvalue weighted by atomic mass is 9.92. The fourth-order valence-electron chi connectivity index (χ4n) is 3.41. The average molecular weight is 391 g/mol. The summed E-state index contributed by atoms with van der Waals surface area (Å²) < 4.78 is 2.07. The Bertz CT molecular complexity index is 873. The van der Waals surface area contributed by atoms with Gasteiger partial charge in [0.2, 0.25) is 0 Å². The van der Waals surface area contributed by atoms with Crippen LogP contribution in [0.3, 0.4) is 0 Å². The minimum Gasteiger partial charge on any atom is -0.356 e. The molecule has 0 saturated heterocycles. The number of aliphatic imine (C=N–C) groups is 1. The van der Waals surface area contributed by atoms with E-state index >= 15 is 0 Å². The van der Waals surface area contributed by atoms with Gasteiger partial charge in [0.1, 0.15) is 12.2 Å². The van der Waals surface area contributed by atoms with Gasteiger partial charge in [0, 0.05) is 39.0 Å². The Hall–Kier alpha value is -3.15. The van der Waals surface area contributed by atoms with Gasteiger partial charge in [-0.3, -0.25) is 4.99 Å². The normalized spacial score (nSPS) is 12.6. The fraction of sp³-hybridized carbons (Fsp3) is 0.348. The van der Waals surface area contributed by atoms with E-state index < -0.39 is 0 Å². The Kier molecular flexibility index (Phi) is 7.81. The highest BCUT2D eigenvalue weighted by atomic mass is 15.3. The second kappa shape index (κ2) is 11.0. The van der Waals surface area contributed by atoms with Crippen LogP contribution < -0.4 is 10.6 Å². The van der Waals surface area contributed by atoms with E-state index in [1.54, 1.807) is 13.4 Å². The zero-order valence-electron chi connectivity index (χ0n) is 17.3. The molecule has 29 heavy (non-hydrogen) atoms. The number of aromatic nitrogens is 3. The lowest BCUT2D eigenvalue weighted by Gasteiger charge is -2.20. The van der Waals surface area contributed by atoms with Crippen LogP contribution in [0, 0.1) is 0 Å². The Morgan fingerprint density at radius 3 is 2.45 bits per heavy atom. The Morgan fingerprint density at radius 1 is 1.03 bits per heavy atom. The summed E-state index contributed by atoms with van der Waals surface area (Å²) in [6.45, 7) is 4.47. The summed E-state index contributed by atoms with van der Waals surface area (Å²) in [5, 5.41) is 15.0. The first-order valence-electron chi connectivity index (χ1n) is 10.2. The highest BCUT2D eigenvalue weighted by Gasteiger charge is 2.13. The predicted molar refractivity (Wildman–Crippen MR) is 118 cm³/mol. The van der Waals surface area contributed by atoms with Crippen molar-refractivity contribution >= 4 is 5.96 Å². The number of hydrogen-bond acceptors (Lipinski definition) is 3. The minimum atomic E-state index is 0.363. The Morgan fingerprint density at radius 2 is 1.76 bits per heavy atom. The lowest BCUT2D eigenvalue weighted by Crippen LogP contribution is -2.41. The van der Waals surface area contributed by atoms with Crippen molar-refractivity contribution in [1.82, 2.24) is 25.4 Å². The van der Waals surface area contributed by atoms with Crippen LogP contribution in [-0.4, -0.2) is 40.9 Å². The van der Waals surface area contributed by atoms with Crippen molar-refractivity contribution in [3.63, 3.8) is 0 Å². The van der Waals surface area contributed by atoms with Gasteiger partial charge in [-0.15, -0.1) is 10.2 Å². The van der Waals surface area contributed by atoms with Gasteiger partial charge in [-0.1, -0.05) is 67.6 Å².